The zero-order chi connectivity index (χ0) is 24.0. The van der Waals surface area contributed by atoms with Gasteiger partial charge in [-0.05, 0) is 52.9 Å². The Balaban J connectivity index is 1.27. The van der Waals surface area contributed by atoms with Crippen LogP contribution in [0.5, 0.6) is 0 Å². The quantitative estimate of drug-likeness (QED) is 0.479. The fourth-order valence-electron chi connectivity index (χ4n) is 6.64. The van der Waals surface area contributed by atoms with Gasteiger partial charge in [0.25, 0.3) is 11.8 Å². The van der Waals surface area contributed by atoms with Crippen LogP contribution in [0.3, 0.4) is 0 Å². The molecule has 1 saturated heterocycles. The lowest BCUT2D eigenvalue weighted by Gasteiger charge is -2.43. The Hall–Kier alpha value is -2.47. The number of thioether (sulfide) groups is 1. The van der Waals surface area contributed by atoms with Crippen molar-refractivity contribution in [3.05, 3.63) is 61.0 Å². The second-order valence-electron chi connectivity index (χ2n) is 9.19. The number of fused-ring (bicyclic) bond motifs is 9. The van der Waals surface area contributed by atoms with Gasteiger partial charge < -0.3 is 4.98 Å². The molecule has 35 heavy (non-hydrogen) atoms. The molecule has 0 spiro atoms. The van der Waals surface area contributed by atoms with Gasteiger partial charge in [-0.25, -0.2) is 0 Å². The lowest BCUT2D eigenvalue weighted by molar-refractivity contribution is -0.139. The minimum absolute atomic E-state index is 0.00315. The normalized spacial score (nSPS) is 32.5. The molecular weight excluding hydrogens is 531 g/mol. The summed E-state index contributed by atoms with van der Waals surface area (Å²) >= 11 is 14.6. The van der Waals surface area contributed by atoms with E-state index in [1.165, 1.54) is 11.3 Å². The van der Waals surface area contributed by atoms with Gasteiger partial charge >= 0.3 is 4.87 Å². The summed E-state index contributed by atoms with van der Waals surface area (Å²) in [5, 5.41) is 1.76. The number of nitrogens with zero attached hydrogens (tertiary/aromatic N) is 4. The number of H-pyrrole nitrogens is 1. The summed E-state index contributed by atoms with van der Waals surface area (Å²) < 4.78 is 0. The minimum Gasteiger partial charge on any atom is -0.307 e. The van der Waals surface area contributed by atoms with E-state index in [-0.39, 0.29) is 62.1 Å². The molecule has 178 valence electrons. The molecule has 3 fully saturated rings. The number of aromatic nitrogens is 4. The van der Waals surface area contributed by atoms with Gasteiger partial charge in [0.1, 0.15) is 0 Å². The van der Waals surface area contributed by atoms with Crippen LogP contribution in [0.1, 0.15) is 22.8 Å². The van der Waals surface area contributed by atoms with E-state index < -0.39 is 11.8 Å². The maximum Gasteiger partial charge on any atom is 0.305 e. The summed E-state index contributed by atoms with van der Waals surface area (Å²) in [5.41, 5.74) is 3.84. The Kier molecular flexibility index (Phi) is 4.83. The molecule has 2 saturated carbocycles. The number of amides is 2. The zero-order valence-corrected chi connectivity index (χ0v) is 20.9. The van der Waals surface area contributed by atoms with Crippen molar-refractivity contribution < 1.29 is 9.59 Å². The molecule has 3 aromatic rings. The topological polar surface area (TPSA) is 121 Å². The summed E-state index contributed by atoms with van der Waals surface area (Å²) in [6, 6.07) is 10.1. The summed E-state index contributed by atoms with van der Waals surface area (Å²) in [7, 11) is 0. The first kappa shape index (κ1) is 21.8. The molecule has 7 rings (SSSR count). The number of halogens is 2. The number of nitrogens with one attached hydrogen (secondary N) is 2. The van der Waals surface area contributed by atoms with Gasteiger partial charge in [-0.15, -0.1) is 11.8 Å². The minimum atomic E-state index is -0.432. The predicted molar refractivity (Wildman–Crippen MR) is 130 cm³/mol. The highest BCUT2D eigenvalue weighted by molar-refractivity contribution is 8.00. The van der Waals surface area contributed by atoms with Crippen LogP contribution < -0.4 is 10.3 Å². The smallest absolute Gasteiger partial charge is 0.305 e. The van der Waals surface area contributed by atoms with Crippen molar-refractivity contribution in [2.24, 2.45) is 29.6 Å². The first-order valence-corrected chi connectivity index (χ1v) is 13.5. The molecule has 9 nitrogen and oxygen atoms in total. The maximum atomic E-state index is 13.6. The van der Waals surface area contributed by atoms with Gasteiger partial charge in [0.05, 0.1) is 16.9 Å². The Labute approximate surface area is 216 Å². The molecule has 0 radical (unpaired) electrons. The molecule has 2 bridgehead atoms. The first-order valence-electron chi connectivity index (χ1n) is 11.1. The third kappa shape index (κ3) is 3.14. The van der Waals surface area contributed by atoms with Crippen molar-refractivity contribution in [2.45, 2.75) is 22.6 Å². The van der Waals surface area contributed by atoms with Crippen LogP contribution in [0.25, 0.3) is 0 Å². The van der Waals surface area contributed by atoms with Gasteiger partial charge in [0.15, 0.2) is 0 Å². The Bertz CT molecular complexity index is 1430. The van der Waals surface area contributed by atoms with Gasteiger partial charge in [-0.1, -0.05) is 41.7 Å². The number of carbonyl (C=O) groups is 2. The Morgan fingerprint density at radius 3 is 2.37 bits per heavy atom. The number of aromatic amines is 1. The van der Waals surface area contributed by atoms with E-state index in [1.807, 2.05) is 18.2 Å². The molecule has 2 aromatic heterocycles. The molecule has 7 unspecified atom stereocenters. The van der Waals surface area contributed by atoms with Crippen LogP contribution in [0.2, 0.25) is 10.6 Å². The molecule has 13 heteroatoms. The Morgan fingerprint density at radius 1 is 0.971 bits per heavy atom. The van der Waals surface area contributed by atoms with Crippen LogP contribution in [-0.4, -0.2) is 42.0 Å². The third-order valence-electron chi connectivity index (χ3n) is 7.68. The average molecular weight is 547 g/mol. The van der Waals surface area contributed by atoms with Crippen molar-refractivity contribution in [1.29, 1.82) is 0 Å². The van der Waals surface area contributed by atoms with E-state index in [0.717, 1.165) is 26.9 Å². The largest absolute Gasteiger partial charge is 0.307 e. The third-order valence-corrected chi connectivity index (χ3v) is 10.6. The van der Waals surface area contributed by atoms with Crippen LogP contribution >= 0.6 is 46.3 Å². The highest BCUT2D eigenvalue weighted by atomic mass is 35.5. The predicted octanol–water partition coefficient (Wildman–Crippen LogP) is 3.43. The van der Waals surface area contributed by atoms with Gasteiger partial charge in [-0.3, -0.25) is 19.8 Å². The van der Waals surface area contributed by atoms with Crippen LogP contribution in [0.15, 0.2) is 40.2 Å². The average Bonchev–Trinajstić information content (AvgIpc) is 3.55. The fourth-order valence-corrected chi connectivity index (χ4v) is 9.89. The number of hydrogen-bond acceptors (Lipinski definition) is 9. The lowest BCUT2D eigenvalue weighted by atomic mass is 9.68. The second kappa shape index (κ2) is 7.76. The molecular formula is C22H16Cl2N6O3S2. The van der Waals surface area contributed by atoms with E-state index in [2.05, 4.69) is 37.5 Å². The highest BCUT2D eigenvalue weighted by Crippen LogP contribution is 2.68. The summed E-state index contributed by atoms with van der Waals surface area (Å²) in [6.07, 6.45) is 0.814. The van der Waals surface area contributed by atoms with Crippen molar-refractivity contribution in [3.8, 4) is 0 Å². The lowest BCUT2D eigenvalue weighted by Crippen LogP contribution is -2.42. The molecule has 2 aliphatic carbocycles. The highest BCUT2D eigenvalue weighted by Gasteiger charge is 2.69. The number of thiazole rings is 1. The number of anilines is 1. The number of carbonyl (C=O) groups excluding carboxylic acids is 2. The molecule has 1 aromatic carbocycles. The van der Waals surface area contributed by atoms with Crippen LogP contribution in [0.4, 0.5) is 5.95 Å². The number of imide groups is 1. The molecule has 4 heterocycles. The first-order chi connectivity index (χ1) is 16.9. The van der Waals surface area contributed by atoms with Crippen molar-refractivity contribution >= 4 is 64.1 Å². The van der Waals surface area contributed by atoms with E-state index in [9.17, 15) is 14.4 Å². The van der Waals surface area contributed by atoms with E-state index in [0.29, 0.717) is 0 Å². The molecule has 4 aliphatic rings. The van der Waals surface area contributed by atoms with Gasteiger partial charge in [0, 0.05) is 16.0 Å². The summed E-state index contributed by atoms with van der Waals surface area (Å²) in [5.74, 6) is -1.30. The zero-order valence-electron chi connectivity index (χ0n) is 17.7. The maximum absolute atomic E-state index is 13.6. The monoisotopic (exact) mass is 546 g/mol. The molecule has 2 aliphatic heterocycles. The SMILES string of the molecule is O=C1C2C3CC(C2C(=O)N1Nc1nc(Cl)nc(Cl)n1)C1C(c2ccccc2)c2sc(=O)[nH]c2SC31. The van der Waals surface area contributed by atoms with E-state index in [1.54, 1.807) is 11.8 Å². The second-order valence-corrected chi connectivity index (χ2v) is 12.1. The molecule has 7 atom stereocenters. The number of hydrogen-bond donors (Lipinski definition) is 2. The van der Waals surface area contributed by atoms with E-state index in [4.69, 9.17) is 23.2 Å². The molecule has 2 amide bonds. The number of hydrazine groups is 1. The number of benzene rings is 1. The van der Waals surface area contributed by atoms with E-state index >= 15 is 0 Å². The van der Waals surface area contributed by atoms with Gasteiger partial charge in [-0.2, -0.15) is 20.0 Å². The van der Waals surface area contributed by atoms with Crippen molar-refractivity contribution in [2.75, 3.05) is 5.43 Å². The summed E-state index contributed by atoms with van der Waals surface area (Å²) in [4.78, 5) is 54.9. The van der Waals surface area contributed by atoms with Crippen LogP contribution in [0, 0.1) is 29.6 Å². The van der Waals surface area contributed by atoms with Crippen molar-refractivity contribution in [3.63, 3.8) is 0 Å². The molecule has 2 N–H and O–H groups in total. The van der Waals surface area contributed by atoms with Crippen LogP contribution in [-0.2, 0) is 9.59 Å². The standard InChI is InChI=1S/C22H16Cl2N6O3S2/c23-19-26-20(24)28-21(27-19)29-30-17(31)12-8-6-9(13(12)18(30)32)14-11(8)10(7-4-2-1-3-5-7)15-16(34-14)25-22(33)35-15/h1-5,8-14H,6H2,(H,25,33)(H,26,27,28,29). The number of rotatable bonds is 3. The fraction of sp³-hybridized carbons (Fsp3) is 0.364. The Morgan fingerprint density at radius 2 is 1.66 bits per heavy atom. The van der Waals surface area contributed by atoms with Gasteiger partial charge in [0.2, 0.25) is 16.5 Å². The van der Waals surface area contributed by atoms with Crippen molar-refractivity contribution in [1.82, 2.24) is 24.9 Å². The summed E-state index contributed by atoms with van der Waals surface area (Å²) in [6.45, 7) is 0.